The molecule has 0 aromatic heterocycles. The van der Waals surface area contributed by atoms with E-state index >= 15 is 0 Å². The van der Waals surface area contributed by atoms with Crippen LogP contribution in [-0.2, 0) is 0 Å². The molecular weight excluding hydrogens is 264 g/mol. The van der Waals surface area contributed by atoms with E-state index in [0.717, 1.165) is 36.5 Å². The van der Waals surface area contributed by atoms with E-state index in [1.807, 2.05) is 0 Å². The maximum atomic E-state index is 10.9. The molecule has 3 rings (SSSR count). The van der Waals surface area contributed by atoms with E-state index in [1.54, 1.807) is 0 Å². The molecule has 1 aromatic carbocycles. The van der Waals surface area contributed by atoms with Crippen LogP contribution in [0.3, 0.4) is 0 Å². The number of hydrazone groups is 1. The summed E-state index contributed by atoms with van der Waals surface area (Å²) in [4.78, 5) is 20.3. The number of nitro groups is 2. The molecule has 2 aliphatic rings. The number of fused-ring (bicyclic) bond motifs is 1. The van der Waals surface area contributed by atoms with Crippen LogP contribution < -0.4 is 5.43 Å². The lowest BCUT2D eigenvalue weighted by Crippen LogP contribution is -2.02. The van der Waals surface area contributed by atoms with Gasteiger partial charge in [-0.05, 0) is 37.2 Å². The minimum Gasteiger partial charge on any atom is -0.272 e. The van der Waals surface area contributed by atoms with Crippen molar-refractivity contribution in [2.24, 2.45) is 16.9 Å². The quantitative estimate of drug-likeness (QED) is 0.671. The van der Waals surface area contributed by atoms with Gasteiger partial charge in [0.2, 0.25) is 0 Å². The van der Waals surface area contributed by atoms with Gasteiger partial charge in [-0.2, -0.15) is 5.10 Å². The summed E-state index contributed by atoms with van der Waals surface area (Å²) in [7, 11) is 0. The highest BCUT2D eigenvalue weighted by Crippen LogP contribution is 2.50. The summed E-state index contributed by atoms with van der Waals surface area (Å²) >= 11 is 0. The summed E-state index contributed by atoms with van der Waals surface area (Å²) in [5.41, 5.74) is 3.21. The number of nitrogens with zero attached hydrogens (tertiary/aromatic N) is 3. The first-order valence-electron chi connectivity index (χ1n) is 6.29. The molecule has 2 aliphatic carbocycles. The third-order valence-electron chi connectivity index (χ3n) is 3.79. The molecule has 8 heteroatoms. The standard InChI is InChI=1S/C12H12N4O4/c17-15(18)10-1-2-11(12(6-10)16(19)20)14-13-9-4-7-3-8(7)5-9/h1-2,6-8,14H,3-5H2. The Kier molecular flexibility index (Phi) is 2.85. The van der Waals surface area contributed by atoms with E-state index in [9.17, 15) is 20.2 Å². The SMILES string of the molecule is O=[N+]([O-])c1ccc(NN=C2CC3CC3C2)c([N+](=O)[O-])c1. The smallest absolute Gasteiger partial charge is 0.272 e. The van der Waals surface area contributed by atoms with E-state index in [-0.39, 0.29) is 17.1 Å². The van der Waals surface area contributed by atoms with Crippen molar-refractivity contribution < 1.29 is 9.85 Å². The highest BCUT2D eigenvalue weighted by molar-refractivity contribution is 5.89. The van der Waals surface area contributed by atoms with E-state index in [1.165, 1.54) is 18.6 Å². The average Bonchev–Trinajstić information content (AvgIpc) is 3.03. The van der Waals surface area contributed by atoms with Gasteiger partial charge < -0.3 is 0 Å². The summed E-state index contributed by atoms with van der Waals surface area (Å²) in [5.74, 6) is 1.48. The first-order chi connectivity index (χ1) is 9.54. The van der Waals surface area contributed by atoms with Crippen LogP contribution in [0.4, 0.5) is 17.1 Å². The van der Waals surface area contributed by atoms with Crippen molar-refractivity contribution in [2.75, 3.05) is 5.43 Å². The van der Waals surface area contributed by atoms with Crippen molar-refractivity contribution in [1.82, 2.24) is 0 Å². The van der Waals surface area contributed by atoms with Gasteiger partial charge in [-0.3, -0.25) is 25.7 Å². The lowest BCUT2D eigenvalue weighted by molar-refractivity contribution is -0.393. The molecule has 8 nitrogen and oxygen atoms in total. The van der Waals surface area contributed by atoms with Crippen LogP contribution in [0.15, 0.2) is 23.3 Å². The second-order valence-corrected chi connectivity index (χ2v) is 5.17. The number of hydrogen-bond donors (Lipinski definition) is 1. The monoisotopic (exact) mass is 276 g/mol. The van der Waals surface area contributed by atoms with Gasteiger partial charge in [0, 0.05) is 11.8 Å². The molecule has 2 saturated carbocycles. The van der Waals surface area contributed by atoms with Crippen LogP contribution in [0.2, 0.25) is 0 Å². The molecule has 1 aromatic rings. The molecule has 0 radical (unpaired) electrons. The zero-order chi connectivity index (χ0) is 14.3. The van der Waals surface area contributed by atoms with Crippen LogP contribution in [-0.4, -0.2) is 15.6 Å². The summed E-state index contributed by atoms with van der Waals surface area (Å²) in [6.07, 6.45) is 3.15. The van der Waals surface area contributed by atoms with Gasteiger partial charge in [-0.1, -0.05) is 0 Å². The zero-order valence-corrected chi connectivity index (χ0v) is 10.5. The van der Waals surface area contributed by atoms with Gasteiger partial charge in [0.05, 0.1) is 15.9 Å². The minimum absolute atomic E-state index is 0.175. The number of benzene rings is 1. The molecule has 0 aliphatic heterocycles. The molecular formula is C12H12N4O4. The number of rotatable bonds is 4. The first-order valence-corrected chi connectivity index (χ1v) is 6.29. The number of hydrogen-bond acceptors (Lipinski definition) is 6. The normalized spacial score (nSPS) is 23.1. The summed E-state index contributed by atoms with van der Waals surface area (Å²) in [5, 5.41) is 25.8. The summed E-state index contributed by atoms with van der Waals surface area (Å²) < 4.78 is 0. The van der Waals surface area contributed by atoms with Gasteiger partial charge in [0.1, 0.15) is 5.69 Å². The molecule has 2 fully saturated rings. The zero-order valence-electron chi connectivity index (χ0n) is 10.5. The largest absolute Gasteiger partial charge is 0.301 e. The fourth-order valence-corrected chi connectivity index (χ4v) is 2.61. The Balaban J connectivity index is 1.81. The van der Waals surface area contributed by atoms with Gasteiger partial charge in [-0.25, -0.2) is 0 Å². The van der Waals surface area contributed by atoms with E-state index in [4.69, 9.17) is 0 Å². The van der Waals surface area contributed by atoms with Gasteiger partial charge >= 0.3 is 5.69 Å². The Hall–Kier alpha value is -2.51. The molecule has 104 valence electrons. The van der Waals surface area contributed by atoms with Crippen molar-refractivity contribution in [1.29, 1.82) is 0 Å². The first kappa shape index (κ1) is 12.5. The van der Waals surface area contributed by atoms with Crippen molar-refractivity contribution in [3.05, 3.63) is 38.4 Å². The van der Waals surface area contributed by atoms with Crippen molar-refractivity contribution in [2.45, 2.75) is 19.3 Å². The molecule has 0 spiro atoms. The number of nitrogens with one attached hydrogen (secondary N) is 1. The molecule has 0 saturated heterocycles. The Morgan fingerprint density at radius 3 is 2.45 bits per heavy atom. The maximum Gasteiger partial charge on any atom is 0.301 e. The van der Waals surface area contributed by atoms with Crippen LogP contribution in [0.25, 0.3) is 0 Å². The van der Waals surface area contributed by atoms with E-state index in [0.29, 0.717) is 0 Å². The Morgan fingerprint density at radius 2 is 1.85 bits per heavy atom. The van der Waals surface area contributed by atoms with Crippen LogP contribution in [0, 0.1) is 32.1 Å². The highest BCUT2D eigenvalue weighted by atomic mass is 16.6. The summed E-state index contributed by atoms with van der Waals surface area (Å²) in [6, 6.07) is 3.48. The summed E-state index contributed by atoms with van der Waals surface area (Å²) in [6.45, 7) is 0. The number of anilines is 1. The molecule has 0 amide bonds. The minimum atomic E-state index is -0.660. The fourth-order valence-electron chi connectivity index (χ4n) is 2.61. The predicted octanol–water partition coefficient (Wildman–Crippen LogP) is 2.70. The van der Waals surface area contributed by atoms with Crippen molar-refractivity contribution in [3.8, 4) is 0 Å². The Labute approximate surface area is 113 Å². The van der Waals surface area contributed by atoms with Crippen molar-refractivity contribution in [3.63, 3.8) is 0 Å². The number of nitro benzene ring substituents is 2. The van der Waals surface area contributed by atoms with E-state index in [2.05, 4.69) is 10.5 Å². The molecule has 2 unspecified atom stereocenters. The average molecular weight is 276 g/mol. The fraction of sp³-hybridized carbons (Fsp3) is 0.417. The topological polar surface area (TPSA) is 111 Å². The van der Waals surface area contributed by atoms with Crippen LogP contribution in [0.5, 0.6) is 0 Å². The van der Waals surface area contributed by atoms with Crippen molar-refractivity contribution >= 4 is 22.8 Å². The second kappa shape index (κ2) is 4.55. The maximum absolute atomic E-state index is 10.9. The van der Waals surface area contributed by atoms with E-state index < -0.39 is 9.85 Å². The predicted molar refractivity (Wildman–Crippen MR) is 71.6 cm³/mol. The van der Waals surface area contributed by atoms with Gasteiger partial charge in [0.15, 0.2) is 0 Å². The third-order valence-corrected chi connectivity index (χ3v) is 3.79. The Bertz CT molecular complexity index is 616. The second-order valence-electron chi connectivity index (χ2n) is 5.17. The number of non-ortho nitro benzene ring substituents is 1. The van der Waals surface area contributed by atoms with Crippen LogP contribution in [0.1, 0.15) is 19.3 Å². The van der Waals surface area contributed by atoms with Gasteiger partial charge in [-0.15, -0.1) is 0 Å². The lowest BCUT2D eigenvalue weighted by atomic mass is 10.2. The molecule has 0 heterocycles. The molecule has 1 N–H and O–H groups in total. The van der Waals surface area contributed by atoms with Gasteiger partial charge in [0.25, 0.3) is 5.69 Å². The Morgan fingerprint density at radius 1 is 1.15 bits per heavy atom. The highest BCUT2D eigenvalue weighted by Gasteiger charge is 2.44. The van der Waals surface area contributed by atoms with Crippen LogP contribution >= 0.6 is 0 Å². The molecule has 2 atom stereocenters. The lowest BCUT2D eigenvalue weighted by Gasteiger charge is -2.04. The molecule has 20 heavy (non-hydrogen) atoms. The molecule has 0 bridgehead atoms. The third kappa shape index (κ3) is 2.31.